The summed E-state index contributed by atoms with van der Waals surface area (Å²) in [5, 5.41) is 43.7. The number of aliphatic imine (C=N–C) groups is 2. The number of carboxylic acid groups (broad SMARTS) is 2. The summed E-state index contributed by atoms with van der Waals surface area (Å²) in [5.41, 5.74) is 35.0. The largest absolute Gasteiger partial charge is 0.481 e. The fourth-order valence-electron chi connectivity index (χ4n) is 9.35. The summed E-state index contributed by atoms with van der Waals surface area (Å²) in [5.74, 6) is -14.4. The van der Waals surface area contributed by atoms with Crippen molar-refractivity contribution in [3.8, 4) is 0 Å². The lowest BCUT2D eigenvalue weighted by Crippen LogP contribution is -2.62. The average molecular weight is 1320 g/mol. The molecule has 0 aliphatic heterocycles. The summed E-state index contributed by atoms with van der Waals surface area (Å²) in [7, 11) is 0. The summed E-state index contributed by atoms with van der Waals surface area (Å²) in [4.78, 5) is 175. The van der Waals surface area contributed by atoms with Gasteiger partial charge in [-0.05, 0) is 85.8 Å². The predicted molar refractivity (Wildman–Crippen MR) is 347 cm³/mol. The van der Waals surface area contributed by atoms with Crippen molar-refractivity contribution in [3.05, 3.63) is 36.0 Å². The molecule has 32 nitrogen and oxygen atoms in total. The van der Waals surface area contributed by atoms with Gasteiger partial charge in [-0.25, -0.2) is 4.79 Å². The summed E-state index contributed by atoms with van der Waals surface area (Å²) < 4.78 is 0. The van der Waals surface area contributed by atoms with E-state index in [0.29, 0.717) is 29.3 Å². The SMILES string of the molecule is CC[C@H](C)[C@H](N)C(=O)N[C@H](C(=O)N[C@@H](Cc1c[nH]c2ccccc12)C(=O)N[C@@H](CCC(N)=O)C(=O)N[C@H](C(=O)N[C@@H](CC(=O)O)C(=O)N[C@@H](CCCN=C(N)N)C(=O)N[C@@H](CCSC)C(=O)N[C@@H](CCCN=C(N)N)C(=O)N[C@H](C(=O)O)[C@@H](C)CC)C(C)C)C(C)C. The van der Waals surface area contributed by atoms with E-state index in [9.17, 15) is 67.7 Å². The molecule has 2 rings (SSSR count). The first kappa shape index (κ1) is 79.3. The number of para-hydroxylation sites is 1. The van der Waals surface area contributed by atoms with Crippen LogP contribution in [0.25, 0.3) is 10.9 Å². The molecule has 24 N–H and O–H groups in total. The fourth-order valence-corrected chi connectivity index (χ4v) is 9.82. The minimum absolute atomic E-state index is 0.0162. The van der Waals surface area contributed by atoms with Crippen molar-refractivity contribution in [1.82, 2.24) is 52.8 Å². The molecule has 2 aromatic rings. The lowest BCUT2D eigenvalue weighted by atomic mass is 9.97. The van der Waals surface area contributed by atoms with Crippen LogP contribution in [0.2, 0.25) is 0 Å². The van der Waals surface area contributed by atoms with E-state index in [0.717, 1.165) is 0 Å². The molecule has 1 heterocycles. The highest BCUT2D eigenvalue weighted by Gasteiger charge is 2.38. The van der Waals surface area contributed by atoms with Crippen LogP contribution < -0.4 is 82.3 Å². The van der Waals surface area contributed by atoms with Crippen molar-refractivity contribution < 1.29 is 67.7 Å². The number of carbonyl (C=O) groups excluding carboxylic acids is 10. The number of carbonyl (C=O) groups is 12. The highest BCUT2D eigenvalue weighted by Crippen LogP contribution is 2.21. The van der Waals surface area contributed by atoms with Gasteiger partial charge >= 0.3 is 11.9 Å². The van der Waals surface area contributed by atoms with Crippen LogP contribution in [-0.4, -0.2) is 184 Å². The number of carboxylic acids is 2. The Hall–Kier alpha value is -8.75. The number of benzene rings is 1. The summed E-state index contributed by atoms with van der Waals surface area (Å²) in [6.45, 7) is 13.3. The number of thioether (sulfide) groups is 1. The van der Waals surface area contributed by atoms with E-state index in [2.05, 4.69) is 62.8 Å². The number of nitrogens with two attached hydrogens (primary N) is 6. The van der Waals surface area contributed by atoms with E-state index >= 15 is 0 Å². The van der Waals surface area contributed by atoms with Gasteiger partial charge in [0.05, 0.1) is 12.5 Å². The van der Waals surface area contributed by atoms with Crippen LogP contribution in [0.15, 0.2) is 40.4 Å². The van der Waals surface area contributed by atoms with Gasteiger partial charge in [0.2, 0.25) is 59.1 Å². The van der Waals surface area contributed by atoms with Gasteiger partial charge in [0.15, 0.2) is 11.9 Å². The summed E-state index contributed by atoms with van der Waals surface area (Å²) in [6.07, 6.45) is 2.01. The van der Waals surface area contributed by atoms with Gasteiger partial charge in [0.1, 0.15) is 54.4 Å². The number of H-pyrrole nitrogens is 1. The van der Waals surface area contributed by atoms with Crippen LogP contribution in [-0.2, 0) is 64.0 Å². The van der Waals surface area contributed by atoms with E-state index in [1.807, 2.05) is 6.92 Å². The van der Waals surface area contributed by atoms with Gasteiger partial charge in [-0.15, -0.1) is 0 Å². The maximum absolute atomic E-state index is 14.6. The molecule has 10 amide bonds. The van der Waals surface area contributed by atoms with Crippen LogP contribution >= 0.6 is 11.8 Å². The number of guanidine groups is 2. The van der Waals surface area contributed by atoms with Gasteiger partial charge in [0, 0.05) is 43.0 Å². The quantitative estimate of drug-likeness (QED) is 0.0185. The van der Waals surface area contributed by atoms with E-state index < -0.39 is 168 Å². The molecule has 0 fully saturated rings. The van der Waals surface area contributed by atoms with Gasteiger partial charge in [-0.3, -0.25) is 62.7 Å². The van der Waals surface area contributed by atoms with E-state index in [1.54, 1.807) is 71.3 Å². The Labute approximate surface area is 539 Å². The average Bonchev–Trinajstić information content (AvgIpc) is 1.78. The number of aliphatic carboxylic acids is 2. The molecule has 0 saturated carbocycles. The predicted octanol–water partition coefficient (Wildman–Crippen LogP) is -2.51. The summed E-state index contributed by atoms with van der Waals surface area (Å²) in [6, 6.07) is -7.26. The number of nitrogens with zero attached hydrogens (tertiary/aromatic N) is 2. The number of rotatable bonds is 43. The lowest BCUT2D eigenvalue weighted by Gasteiger charge is -2.29. The van der Waals surface area contributed by atoms with E-state index in [4.69, 9.17) is 34.4 Å². The van der Waals surface area contributed by atoms with Crippen molar-refractivity contribution in [2.45, 2.75) is 186 Å². The second kappa shape index (κ2) is 40.2. The molecule has 12 atom stereocenters. The van der Waals surface area contributed by atoms with Crippen LogP contribution in [0.5, 0.6) is 0 Å². The normalized spacial score (nSPS) is 15.1. The molecular formula is C59H98N18O14S. The standard InChI is InChI=1S/C59H98N18O14S/c1-10-31(7)44(61)54(87)76-46(30(5)6)56(89)73-40(26-33-28-68-35-17-13-12-16-34(33)35)52(85)71-38(20-21-42(60)78)51(84)75-45(29(3)4)55(88)74-41(27-43(79)80)53(86)70-36(18-14-23-66-58(62)63)48(81)72-39(22-25-92-9)49(82)69-37(19-15-24-67-59(64)65)50(83)77-47(57(90)91)32(8)11-2/h12-13,16-17,28-32,36-41,44-47,68H,10-11,14-15,18-27,61H2,1-9H3,(H2,60,78)(H,69,82)(H,70,86)(H,71,85)(H,72,81)(H,73,89)(H,74,88)(H,75,84)(H,76,87)(H,77,83)(H,79,80)(H,90,91)(H4,62,63,66)(H4,64,65,67)/t31-,32-,36-,37-,38-,39-,40-,41-,44-,45-,46-,47-/m0/s1. The second-order valence-corrected chi connectivity index (χ2v) is 24.3. The number of fused-ring (bicyclic) bond motifs is 1. The molecule has 1 aromatic carbocycles. The monoisotopic (exact) mass is 1310 g/mol. The van der Waals surface area contributed by atoms with Gasteiger partial charge in [0.25, 0.3) is 0 Å². The Morgan fingerprint density at radius 1 is 0.522 bits per heavy atom. The Kier molecular flexibility index (Phi) is 34.7. The lowest BCUT2D eigenvalue weighted by molar-refractivity contribution is -0.144. The molecule has 0 aliphatic rings. The van der Waals surface area contributed by atoms with Crippen molar-refractivity contribution in [3.63, 3.8) is 0 Å². The molecule has 1 aromatic heterocycles. The van der Waals surface area contributed by atoms with Crippen LogP contribution in [0.3, 0.4) is 0 Å². The molecule has 0 saturated heterocycles. The number of aromatic nitrogens is 1. The topological polar surface area (TPSA) is 550 Å². The third-order valence-corrected chi connectivity index (χ3v) is 15.9. The molecule has 0 unspecified atom stereocenters. The van der Waals surface area contributed by atoms with Gasteiger partial charge < -0.3 is 97.5 Å². The zero-order valence-corrected chi connectivity index (χ0v) is 54.7. The molecule has 514 valence electrons. The Morgan fingerprint density at radius 2 is 0.935 bits per heavy atom. The van der Waals surface area contributed by atoms with E-state index in [-0.39, 0.29) is 75.2 Å². The molecule has 92 heavy (non-hydrogen) atoms. The zero-order chi connectivity index (χ0) is 69.5. The second-order valence-electron chi connectivity index (χ2n) is 23.3. The first-order chi connectivity index (χ1) is 43.3. The molecule has 0 spiro atoms. The molecular weight excluding hydrogens is 1220 g/mol. The Bertz CT molecular complexity index is 2900. The van der Waals surface area contributed by atoms with E-state index in [1.165, 1.54) is 25.6 Å². The smallest absolute Gasteiger partial charge is 0.326 e. The fraction of sp³-hybridized carbons (Fsp3) is 0.627. The maximum Gasteiger partial charge on any atom is 0.326 e. The number of nitrogens with one attached hydrogen (secondary N) is 10. The van der Waals surface area contributed by atoms with Crippen molar-refractivity contribution >= 4 is 106 Å². The van der Waals surface area contributed by atoms with Crippen molar-refractivity contribution in [2.24, 2.45) is 68.1 Å². The highest BCUT2D eigenvalue weighted by atomic mass is 32.2. The zero-order valence-electron chi connectivity index (χ0n) is 53.9. The minimum Gasteiger partial charge on any atom is -0.481 e. The van der Waals surface area contributed by atoms with Crippen LogP contribution in [0, 0.1) is 23.7 Å². The number of aromatic amines is 1. The first-order valence-corrected chi connectivity index (χ1v) is 32.0. The summed E-state index contributed by atoms with van der Waals surface area (Å²) >= 11 is 1.30. The van der Waals surface area contributed by atoms with Crippen LogP contribution in [0.4, 0.5) is 0 Å². The van der Waals surface area contributed by atoms with Crippen LogP contribution in [0.1, 0.15) is 125 Å². The Balaban J connectivity index is 2.57. The van der Waals surface area contributed by atoms with Crippen molar-refractivity contribution in [2.75, 3.05) is 25.1 Å². The molecule has 0 aliphatic carbocycles. The number of hydrogen-bond donors (Lipinski definition) is 18. The van der Waals surface area contributed by atoms with Crippen molar-refractivity contribution in [1.29, 1.82) is 0 Å². The molecule has 0 radical (unpaired) electrons. The minimum atomic E-state index is -1.95. The third-order valence-electron chi connectivity index (χ3n) is 15.3. The molecule has 33 heteroatoms. The molecule has 0 bridgehead atoms. The number of amides is 10. The van der Waals surface area contributed by atoms with Gasteiger partial charge in [-0.1, -0.05) is 86.4 Å². The number of hydrogen-bond acceptors (Lipinski definition) is 16. The number of primary amides is 1. The van der Waals surface area contributed by atoms with Gasteiger partial charge in [-0.2, -0.15) is 11.8 Å². The first-order valence-electron chi connectivity index (χ1n) is 30.6. The maximum atomic E-state index is 14.6. The third kappa shape index (κ3) is 27.4. The highest BCUT2D eigenvalue weighted by molar-refractivity contribution is 7.98. The Morgan fingerprint density at radius 3 is 1.38 bits per heavy atom.